The third-order valence-electron chi connectivity index (χ3n) is 2.88. The molecule has 0 bridgehead atoms. The smallest absolute Gasteiger partial charge is 0.141 e. The molecule has 1 N–H and O–H groups in total. The highest BCUT2D eigenvalue weighted by Crippen LogP contribution is 2.38. The van der Waals surface area contributed by atoms with E-state index in [2.05, 4.69) is 0 Å². The lowest BCUT2D eigenvalue weighted by Crippen LogP contribution is -2.19. The van der Waals surface area contributed by atoms with Crippen LogP contribution >= 0.6 is 11.6 Å². The van der Waals surface area contributed by atoms with Gasteiger partial charge in [-0.3, -0.25) is 0 Å². The van der Waals surface area contributed by atoms with Gasteiger partial charge in [0.1, 0.15) is 5.82 Å². The molecule has 2 rings (SSSR count). The molecule has 1 fully saturated rings. The molecule has 1 atom stereocenters. The normalized spacial score (nSPS) is 19.1. The number of aliphatic hydroxyl groups is 1. The van der Waals surface area contributed by atoms with Crippen LogP contribution in [0.15, 0.2) is 18.2 Å². The van der Waals surface area contributed by atoms with E-state index in [1.165, 1.54) is 18.6 Å². The van der Waals surface area contributed by atoms with E-state index in [0.29, 0.717) is 5.92 Å². The second kappa shape index (κ2) is 3.87. The maximum Gasteiger partial charge on any atom is 0.141 e. The molecule has 0 aliphatic heterocycles. The van der Waals surface area contributed by atoms with Gasteiger partial charge in [-0.2, -0.15) is 0 Å². The van der Waals surface area contributed by atoms with Crippen LogP contribution in [0.2, 0.25) is 5.02 Å². The highest BCUT2D eigenvalue weighted by atomic mass is 35.5. The Morgan fingerprint density at radius 2 is 2.14 bits per heavy atom. The molecule has 14 heavy (non-hydrogen) atoms. The Balaban J connectivity index is 2.18. The molecule has 1 nitrogen and oxygen atoms in total. The van der Waals surface area contributed by atoms with E-state index in [4.69, 9.17) is 11.6 Å². The molecular weight excluding hydrogens is 203 g/mol. The second-order valence-corrected chi connectivity index (χ2v) is 4.22. The molecule has 76 valence electrons. The average Bonchev–Trinajstić information content (AvgIpc) is 2.06. The number of halogens is 2. The third kappa shape index (κ3) is 1.77. The summed E-state index contributed by atoms with van der Waals surface area (Å²) in [4.78, 5) is 0. The van der Waals surface area contributed by atoms with Crippen LogP contribution < -0.4 is 0 Å². The molecular formula is C11H12ClFO. The molecule has 0 saturated heterocycles. The Morgan fingerprint density at radius 3 is 2.64 bits per heavy atom. The maximum absolute atomic E-state index is 12.8. The topological polar surface area (TPSA) is 20.2 Å². The van der Waals surface area contributed by atoms with Gasteiger partial charge in [0.05, 0.1) is 11.1 Å². The largest absolute Gasteiger partial charge is 0.388 e. The van der Waals surface area contributed by atoms with Crippen molar-refractivity contribution in [1.29, 1.82) is 0 Å². The molecule has 1 aliphatic rings. The van der Waals surface area contributed by atoms with Gasteiger partial charge in [-0.25, -0.2) is 4.39 Å². The van der Waals surface area contributed by atoms with Crippen molar-refractivity contribution < 1.29 is 9.50 Å². The summed E-state index contributed by atoms with van der Waals surface area (Å²) in [5.41, 5.74) is 0.723. The molecule has 0 heterocycles. The Morgan fingerprint density at radius 1 is 1.43 bits per heavy atom. The fourth-order valence-electron chi connectivity index (χ4n) is 1.72. The zero-order chi connectivity index (χ0) is 10.1. The Hall–Kier alpha value is -0.600. The first-order valence-electron chi connectivity index (χ1n) is 4.81. The minimum Gasteiger partial charge on any atom is -0.388 e. The van der Waals surface area contributed by atoms with Crippen molar-refractivity contribution in [1.82, 2.24) is 0 Å². The summed E-state index contributed by atoms with van der Waals surface area (Å²) in [7, 11) is 0. The maximum atomic E-state index is 12.8. The number of hydrogen-bond donors (Lipinski definition) is 1. The van der Waals surface area contributed by atoms with E-state index in [9.17, 15) is 9.50 Å². The Labute approximate surface area is 87.5 Å². The van der Waals surface area contributed by atoms with Gasteiger partial charge in [0.15, 0.2) is 0 Å². The van der Waals surface area contributed by atoms with Gasteiger partial charge in [-0.05, 0) is 36.5 Å². The van der Waals surface area contributed by atoms with Gasteiger partial charge >= 0.3 is 0 Å². The molecule has 0 amide bonds. The van der Waals surface area contributed by atoms with Crippen molar-refractivity contribution in [2.45, 2.75) is 25.4 Å². The van der Waals surface area contributed by atoms with Crippen molar-refractivity contribution in [3.8, 4) is 0 Å². The lowest BCUT2D eigenvalue weighted by molar-refractivity contribution is 0.0620. The number of benzene rings is 1. The van der Waals surface area contributed by atoms with Gasteiger partial charge in [0.2, 0.25) is 0 Å². The minimum atomic E-state index is -0.484. The molecule has 0 radical (unpaired) electrons. The molecule has 3 heteroatoms. The molecule has 1 aliphatic carbocycles. The molecule has 1 saturated carbocycles. The number of rotatable bonds is 2. The van der Waals surface area contributed by atoms with Crippen molar-refractivity contribution in [3.05, 3.63) is 34.6 Å². The van der Waals surface area contributed by atoms with Crippen LogP contribution in [0, 0.1) is 11.7 Å². The summed E-state index contributed by atoms with van der Waals surface area (Å²) in [6.07, 6.45) is 2.80. The summed E-state index contributed by atoms with van der Waals surface area (Å²) in [5.74, 6) is -0.104. The quantitative estimate of drug-likeness (QED) is 0.801. The van der Waals surface area contributed by atoms with E-state index >= 15 is 0 Å². The number of hydrogen-bond acceptors (Lipinski definition) is 1. The first-order chi connectivity index (χ1) is 6.68. The molecule has 0 spiro atoms. The highest BCUT2D eigenvalue weighted by Gasteiger charge is 2.26. The van der Waals surface area contributed by atoms with Crippen LogP contribution in [0.1, 0.15) is 30.9 Å². The SMILES string of the molecule is OC(c1ccc(F)c(Cl)c1)C1CCC1. The van der Waals surface area contributed by atoms with Crippen LogP contribution in [-0.4, -0.2) is 5.11 Å². The summed E-state index contributed by atoms with van der Waals surface area (Å²) < 4.78 is 12.8. The Kier molecular flexibility index (Phi) is 2.75. The van der Waals surface area contributed by atoms with Crippen molar-refractivity contribution in [3.63, 3.8) is 0 Å². The van der Waals surface area contributed by atoms with Gasteiger partial charge in [0, 0.05) is 0 Å². The predicted molar refractivity (Wildman–Crippen MR) is 53.7 cm³/mol. The first-order valence-corrected chi connectivity index (χ1v) is 5.19. The van der Waals surface area contributed by atoms with E-state index in [1.54, 1.807) is 6.07 Å². The van der Waals surface area contributed by atoms with Crippen LogP contribution in [0.3, 0.4) is 0 Å². The monoisotopic (exact) mass is 214 g/mol. The van der Waals surface area contributed by atoms with Crippen molar-refractivity contribution in [2.75, 3.05) is 0 Å². The van der Waals surface area contributed by atoms with Gasteiger partial charge in [-0.15, -0.1) is 0 Å². The lowest BCUT2D eigenvalue weighted by Gasteiger charge is -2.30. The third-order valence-corrected chi connectivity index (χ3v) is 3.17. The second-order valence-electron chi connectivity index (χ2n) is 3.81. The molecule has 0 aromatic heterocycles. The van der Waals surface area contributed by atoms with Gasteiger partial charge in [-0.1, -0.05) is 24.1 Å². The summed E-state index contributed by atoms with van der Waals surface area (Å²) in [6, 6.07) is 4.42. The highest BCUT2D eigenvalue weighted by molar-refractivity contribution is 6.30. The lowest BCUT2D eigenvalue weighted by atomic mass is 9.79. The van der Waals surface area contributed by atoms with E-state index < -0.39 is 11.9 Å². The molecule has 1 aromatic rings. The van der Waals surface area contributed by atoms with Gasteiger partial charge in [0.25, 0.3) is 0 Å². The summed E-state index contributed by atoms with van der Waals surface area (Å²) in [5, 5.41) is 9.96. The molecule has 1 aromatic carbocycles. The van der Waals surface area contributed by atoms with Crippen LogP contribution in [0.4, 0.5) is 4.39 Å². The van der Waals surface area contributed by atoms with Crippen molar-refractivity contribution in [2.24, 2.45) is 5.92 Å². The van der Waals surface area contributed by atoms with Crippen LogP contribution in [0.5, 0.6) is 0 Å². The fraction of sp³-hybridized carbons (Fsp3) is 0.455. The van der Waals surface area contributed by atoms with E-state index in [1.807, 2.05) is 0 Å². The number of aliphatic hydroxyl groups excluding tert-OH is 1. The molecule has 1 unspecified atom stereocenters. The van der Waals surface area contributed by atoms with E-state index in [0.717, 1.165) is 18.4 Å². The minimum absolute atomic E-state index is 0.0841. The average molecular weight is 215 g/mol. The van der Waals surface area contributed by atoms with Gasteiger partial charge < -0.3 is 5.11 Å². The predicted octanol–water partition coefficient (Wildman–Crippen LogP) is 3.31. The zero-order valence-corrected chi connectivity index (χ0v) is 8.47. The first kappa shape index (κ1) is 9.94. The standard InChI is InChI=1S/C11H12ClFO/c12-9-6-8(4-5-10(9)13)11(14)7-2-1-3-7/h4-7,11,14H,1-3H2. The van der Waals surface area contributed by atoms with Crippen LogP contribution in [0.25, 0.3) is 0 Å². The van der Waals surface area contributed by atoms with Crippen LogP contribution in [-0.2, 0) is 0 Å². The van der Waals surface area contributed by atoms with E-state index in [-0.39, 0.29) is 5.02 Å². The summed E-state index contributed by atoms with van der Waals surface area (Å²) >= 11 is 5.64. The Bertz CT molecular complexity index is 336. The summed E-state index contributed by atoms with van der Waals surface area (Å²) in [6.45, 7) is 0. The van der Waals surface area contributed by atoms with Crippen molar-refractivity contribution >= 4 is 11.6 Å². The zero-order valence-electron chi connectivity index (χ0n) is 7.71. The fourth-order valence-corrected chi connectivity index (χ4v) is 1.91.